The van der Waals surface area contributed by atoms with Gasteiger partial charge in [0, 0.05) is 69.3 Å². The van der Waals surface area contributed by atoms with Crippen molar-refractivity contribution in [3.63, 3.8) is 0 Å². The highest BCUT2D eigenvalue weighted by molar-refractivity contribution is 9.10. The van der Waals surface area contributed by atoms with Gasteiger partial charge in [0.05, 0.1) is 59.3 Å². The van der Waals surface area contributed by atoms with E-state index in [1.807, 2.05) is 73.8 Å². The van der Waals surface area contributed by atoms with Crippen LogP contribution in [0.15, 0.2) is 151 Å². The van der Waals surface area contributed by atoms with E-state index in [2.05, 4.69) is 63.5 Å². The molecule has 0 unspecified atom stereocenters. The third kappa shape index (κ3) is 13.4. The number of esters is 2. The van der Waals surface area contributed by atoms with Gasteiger partial charge in [-0.1, -0.05) is 62.2 Å². The van der Waals surface area contributed by atoms with E-state index in [0.29, 0.717) is 25.7 Å². The lowest BCUT2D eigenvalue weighted by atomic mass is 10.0. The predicted octanol–water partition coefficient (Wildman–Crippen LogP) is 9.58. The average molecular weight is 1050 g/mol. The number of hydrogen-bond donors (Lipinski definition) is 1. The molecule has 18 heteroatoms. The third-order valence-electron chi connectivity index (χ3n) is 10.4. The van der Waals surface area contributed by atoms with E-state index in [-0.39, 0.29) is 47.5 Å². The molecule has 2 aliphatic heterocycles. The lowest BCUT2D eigenvalue weighted by Gasteiger charge is -2.15. The smallest absolute Gasteiger partial charge is 0.305 e. The molecule has 0 saturated carbocycles. The number of aromatic nitrogens is 4. The monoisotopic (exact) mass is 1050 g/mol. The summed E-state index contributed by atoms with van der Waals surface area (Å²) >= 11 is 7.10. The zero-order valence-corrected chi connectivity index (χ0v) is 41.0. The number of carbonyl (C=O) groups is 3. The zero-order chi connectivity index (χ0) is 48.1. The first-order chi connectivity index (χ1) is 32.2. The second kappa shape index (κ2) is 23.4. The zero-order valence-electron chi connectivity index (χ0n) is 37.0. The minimum Gasteiger partial charge on any atom is -0.469 e. The van der Waals surface area contributed by atoms with Gasteiger partial charge in [0.1, 0.15) is 17.6 Å². The first kappa shape index (κ1) is 50.1. The Labute approximate surface area is 405 Å². The van der Waals surface area contributed by atoms with Crippen LogP contribution in [-0.4, -0.2) is 87.6 Å². The van der Waals surface area contributed by atoms with Gasteiger partial charge in [-0.05, 0) is 106 Å². The van der Waals surface area contributed by atoms with Crippen molar-refractivity contribution in [2.24, 2.45) is 15.0 Å². The van der Waals surface area contributed by atoms with Crippen LogP contribution in [0, 0.1) is 6.92 Å². The molecule has 1 N–H and O–H groups in total. The number of pyridine rings is 2. The Kier molecular flexibility index (Phi) is 17.5. The van der Waals surface area contributed by atoms with Crippen LogP contribution in [0.1, 0.15) is 85.5 Å². The summed E-state index contributed by atoms with van der Waals surface area (Å²) in [7, 11) is -1.23. The molecule has 2 aliphatic rings. The van der Waals surface area contributed by atoms with Crippen molar-refractivity contribution in [3.8, 4) is 5.69 Å². The lowest BCUT2D eigenvalue weighted by molar-refractivity contribution is -0.141. The predicted molar refractivity (Wildman–Crippen MR) is 262 cm³/mol. The second-order valence-electron chi connectivity index (χ2n) is 15.2. The maximum atomic E-state index is 11.8. The maximum absolute atomic E-state index is 11.8. The molecule has 346 valence electrons. The van der Waals surface area contributed by atoms with Crippen LogP contribution in [0.25, 0.3) is 5.69 Å². The van der Waals surface area contributed by atoms with Crippen molar-refractivity contribution in [1.29, 1.82) is 0 Å². The summed E-state index contributed by atoms with van der Waals surface area (Å²) < 4.78 is 42.8. The van der Waals surface area contributed by atoms with Crippen LogP contribution in [-0.2, 0) is 34.0 Å². The summed E-state index contributed by atoms with van der Waals surface area (Å²) in [6.45, 7) is 3.58. The molecular weight excluding hydrogens is 1010 g/mol. The van der Waals surface area contributed by atoms with Gasteiger partial charge in [-0.3, -0.25) is 43.7 Å². The molecular formula is C49H47Br2N7O8S. The summed E-state index contributed by atoms with van der Waals surface area (Å²) in [6.07, 6.45) is 7.65. The number of nitrogens with zero attached hydrogens (tertiary/aromatic N) is 7. The Bertz CT molecular complexity index is 2930. The fourth-order valence-corrected chi connectivity index (χ4v) is 8.40. The van der Waals surface area contributed by atoms with Gasteiger partial charge in [-0.2, -0.15) is 8.42 Å². The van der Waals surface area contributed by atoms with E-state index in [1.54, 1.807) is 37.5 Å². The minimum absolute atomic E-state index is 0.0741. The third-order valence-corrected chi connectivity index (χ3v) is 12.3. The minimum atomic E-state index is -4.00. The SMILES string of the molecule is COC(=O)CC[C@@H]1N=C(c2ccccn2)c2cc(Br)ccc2-n2c(C)cnc21.COC(=O)CC[C@@H]1N=C(c2ccccn2)c2cc(Br)ccc2N=C1CCC(C)=O.O=S(=O)(O)c1ccccc1. The molecule has 2 atom stereocenters. The van der Waals surface area contributed by atoms with Crippen LogP contribution < -0.4 is 0 Å². The Morgan fingerprint density at radius 2 is 1.25 bits per heavy atom. The quantitative estimate of drug-likeness (QED) is 0.0902. The Hall–Kier alpha value is -6.34. The van der Waals surface area contributed by atoms with Gasteiger partial charge < -0.3 is 14.3 Å². The summed E-state index contributed by atoms with van der Waals surface area (Å²) in [5, 5.41) is 0. The van der Waals surface area contributed by atoms with E-state index in [4.69, 9.17) is 29.0 Å². The first-order valence-electron chi connectivity index (χ1n) is 21.0. The van der Waals surface area contributed by atoms with Gasteiger partial charge in [0.25, 0.3) is 10.1 Å². The van der Waals surface area contributed by atoms with Gasteiger partial charge in [0.15, 0.2) is 0 Å². The first-order valence-corrected chi connectivity index (χ1v) is 24.0. The molecule has 0 aliphatic carbocycles. The number of halogens is 2. The van der Waals surface area contributed by atoms with Crippen molar-refractivity contribution in [3.05, 3.63) is 165 Å². The number of Topliss-reactive ketones (excluding diaryl/α,β-unsaturated/α-hetero) is 1. The van der Waals surface area contributed by atoms with Crippen molar-refractivity contribution in [2.75, 3.05) is 14.2 Å². The van der Waals surface area contributed by atoms with Crippen LogP contribution in [0.4, 0.5) is 5.69 Å². The number of methoxy groups -OCH3 is 2. The van der Waals surface area contributed by atoms with Crippen molar-refractivity contribution >= 4 is 82.5 Å². The lowest BCUT2D eigenvalue weighted by Crippen LogP contribution is -2.22. The van der Waals surface area contributed by atoms with Gasteiger partial charge in [-0.25, -0.2) is 4.98 Å². The molecule has 3 aromatic carbocycles. The highest BCUT2D eigenvalue weighted by Gasteiger charge is 2.29. The maximum Gasteiger partial charge on any atom is 0.305 e. The summed E-state index contributed by atoms with van der Waals surface area (Å²) in [6, 6.07) is 30.2. The van der Waals surface area contributed by atoms with E-state index in [1.165, 1.54) is 26.4 Å². The van der Waals surface area contributed by atoms with E-state index in [0.717, 1.165) is 71.5 Å². The Balaban J connectivity index is 0.000000184. The molecule has 0 saturated heterocycles. The molecule has 67 heavy (non-hydrogen) atoms. The topological polar surface area (TPSA) is 205 Å². The second-order valence-corrected chi connectivity index (χ2v) is 18.4. The number of fused-ring (bicyclic) bond motifs is 4. The standard InChI is InChI=1S/C22H22BrN3O3.C21H19BrN4O2.C6H6O3S/c1-14(27)6-8-18-19(10-11-21(28)29-2)26-22(20-5-3-4-12-24-20)16-13-15(23)7-9-17(16)25-18;1-13-12-24-21-17(7-9-19(27)28-2)25-20(16-5-3-4-10-23-16)15-11-14(22)6-8-18(15)26(13)21;7-10(8,9)6-4-2-1-3-5-6/h3-5,7,9,12-13,19H,6,8,10-11H2,1-2H3;3-6,8,10-12,17H,7,9H2,1-2H3;1-5H,(H,7,8,9)/t19-;17-;/m00./s1. The molecule has 3 aromatic heterocycles. The molecule has 6 aromatic rings. The van der Waals surface area contributed by atoms with Crippen molar-refractivity contribution in [1.82, 2.24) is 19.5 Å². The summed E-state index contributed by atoms with van der Waals surface area (Å²) in [4.78, 5) is 63.5. The molecule has 15 nitrogen and oxygen atoms in total. The largest absolute Gasteiger partial charge is 0.469 e. The van der Waals surface area contributed by atoms with E-state index >= 15 is 0 Å². The normalized spacial score (nSPS) is 14.8. The highest BCUT2D eigenvalue weighted by Crippen LogP contribution is 2.35. The molecule has 0 bridgehead atoms. The number of ether oxygens (including phenoxy) is 2. The number of rotatable bonds is 12. The number of imidazole rings is 1. The molecule has 0 amide bonds. The van der Waals surface area contributed by atoms with E-state index < -0.39 is 10.1 Å². The Morgan fingerprint density at radius 1 is 0.701 bits per heavy atom. The van der Waals surface area contributed by atoms with Crippen molar-refractivity contribution < 1.29 is 36.8 Å². The van der Waals surface area contributed by atoms with Crippen LogP contribution in [0.3, 0.4) is 0 Å². The summed E-state index contributed by atoms with van der Waals surface area (Å²) in [5.74, 6) is 0.355. The average Bonchev–Trinajstić information content (AvgIpc) is 3.56. The van der Waals surface area contributed by atoms with Gasteiger partial charge >= 0.3 is 11.9 Å². The molecule has 0 radical (unpaired) electrons. The molecule has 0 fully saturated rings. The number of ketones is 1. The fourth-order valence-electron chi connectivity index (χ4n) is 7.18. The fraction of sp³-hybridized carbons (Fsp3) is 0.245. The van der Waals surface area contributed by atoms with Crippen LogP contribution in [0.5, 0.6) is 0 Å². The van der Waals surface area contributed by atoms with Gasteiger partial charge in [-0.15, -0.1) is 0 Å². The van der Waals surface area contributed by atoms with Crippen LogP contribution >= 0.6 is 31.9 Å². The Morgan fingerprint density at radius 3 is 1.81 bits per heavy atom. The van der Waals surface area contributed by atoms with Gasteiger partial charge in [0.2, 0.25) is 0 Å². The highest BCUT2D eigenvalue weighted by atomic mass is 79.9. The van der Waals surface area contributed by atoms with Crippen molar-refractivity contribution in [2.45, 2.75) is 69.4 Å². The number of aliphatic imine (C=N–C) groups is 3. The number of aryl methyl sites for hydroxylation is 1. The molecule has 0 spiro atoms. The van der Waals surface area contributed by atoms with Crippen LogP contribution in [0.2, 0.25) is 0 Å². The molecule has 8 rings (SSSR count). The molecule has 5 heterocycles. The number of hydrogen-bond acceptors (Lipinski definition) is 13. The number of benzene rings is 3. The summed E-state index contributed by atoms with van der Waals surface area (Å²) in [5.41, 5.74) is 8.43. The number of carbonyl (C=O) groups excluding carboxylic acids is 3. The van der Waals surface area contributed by atoms with E-state index in [9.17, 15) is 22.8 Å².